The Kier molecular flexibility index (Phi) is 4.41. The quantitative estimate of drug-likeness (QED) is 0.939. The second kappa shape index (κ2) is 6.64. The number of aryl methyl sites for hydroxylation is 1. The number of aromatic nitrogens is 2. The topological polar surface area (TPSA) is 67.3 Å². The Morgan fingerprint density at radius 1 is 1.35 bits per heavy atom. The van der Waals surface area contributed by atoms with Crippen LogP contribution in [0.3, 0.4) is 0 Å². The molecule has 120 valence electrons. The minimum Gasteiger partial charge on any atom is -0.495 e. The van der Waals surface area contributed by atoms with Gasteiger partial charge in [-0.25, -0.2) is 9.97 Å². The van der Waals surface area contributed by atoms with E-state index in [-0.39, 0.29) is 11.9 Å². The molecule has 2 aromatic rings. The second-order valence-corrected chi connectivity index (χ2v) is 5.59. The number of hydrogen-bond donors (Lipinski definition) is 1. The summed E-state index contributed by atoms with van der Waals surface area (Å²) in [6.45, 7) is 2.77. The summed E-state index contributed by atoms with van der Waals surface area (Å²) in [5.41, 5.74) is 1.76. The molecule has 0 bridgehead atoms. The molecule has 0 spiro atoms. The largest absolute Gasteiger partial charge is 0.495 e. The molecule has 0 saturated carbocycles. The van der Waals surface area contributed by atoms with Crippen molar-refractivity contribution in [2.24, 2.45) is 0 Å². The molecular weight excluding hydrogens is 292 g/mol. The van der Waals surface area contributed by atoms with Crippen LogP contribution in [0.2, 0.25) is 0 Å². The summed E-state index contributed by atoms with van der Waals surface area (Å²) < 4.78 is 5.32. The fourth-order valence-corrected chi connectivity index (χ4v) is 2.85. The number of anilines is 2. The maximum atomic E-state index is 12.7. The molecule has 1 N–H and O–H groups in total. The van der Waals surface area contributed by atoms with Gasteiger partial charge >= 0.3 is 0 Å². The summed E-state index contributed by atoms with van der Waals surface area (Å²) in [5, 5.41) is 2.98. The van der Waals surface area contributed by atoms with Gasteiger partial charge in [-0.3, -0.25) is 4.79 Å². The summed E-state index contributed by atoms with van der Waals surface area (Å²) in [6.07, 6.45) is 5.12. The fourth-order valence-electron chi connectivity index (χ4n) is 2.85. The van der Waals surface area contributed by atoms with Crippen LogP contribution in [-0.4, -0.2) is 35.6 Å². The molecule has 1 saturated heterocycles. The summed E-state index contributed by atoms with van der Waals surface area (Å²) in [5.74, 6) is 1.20. The van der Waals surface area contributed by atoms with Gasteiger partial charge in [-0.2, -0.15) is 0 Å². The van der Waals surface area contributed by atoms with Gasteiger partial charge in [-0.05, 0) is 43.5 Å². The van der Waals surface area contributed by atoms with Crippen LogP contribution in [0.25, 0.3) is 0 Å². The van der Waals surface area contributed by atoms with Crippen LogP contribution in [0.4, 0.5) is 11.6 Å². The van der Waals surface area contributed by atoms with E-state index in [1.807, 2.05) is 30.0 Å². The Bertz CT molecular complexity index is 690. The van der Waals surface area contributed by atoms with Crippen LogP contribution in [0, 0.1) is 6.92 Å². The highest BCUT2D eigenvalue weighted by molar-refractivity contribution is 5.98. The Morgan fingerprint density at radius 2 is 2.13 bits per heavy atom. The van der Waals surface area contributed by atoms with Crippen molar-refractivity contribution < 1.29 is 9.53 Å². The van der Waals surface area contributed by atoms with Gasteiger partial charge in [-0.1, -0.05) is 6.07 Å². The summed E-state index contributed by atoms with van der Waals surface area (Å²) in [6, 6.07) is 7.23. The van der Waals surface area contributed by atoms with Crippen molar-refractivity contribution in [1.82, 2.24) is 9.97 Å². The SMILES string of the molecule is COc1ccc(C)cc1NC(=O)C1CCCN1c1ncccn1. The molecular formula is C17H20N4O2. The van der Waals surface area contributed by atoms with Crippen LogP contribution < -0.4 is 15.0 Å². The molecule has 1 aromatic heterocycles. The molecule has 0 aliphatic carbocycles. The molecule has 1 fully saturated rings. The first-order valence-corrected chi connectivity index (χ1v) is 7.68. The average molecular weight is 312 g/mol. The maximum Gasteiger partial charge on any atom is 0.247 e. The zero-order chi connectivity index (χ0) is 16.2. The molecule has 6 nitrogen and oxygen atoms in total. The summed E-state index contributed by atoms with van der Waals surface area (Å²) in [7, 11) is 1.60. The lowest BCUT2D eigenvalue weighted by Gasteiger charge is -2.24. The molecule has 0 radical (unpaired) electrons. The number of nitrogens with one attached hydrogen (secondary N) is 1. The number of benzene rings is 1. The van der Waals surface area contributed by atoms with Gasteiger partial charge in [0.15, 0.2) is 0 Å². The Balaban J connectivity index is 1.79. The van der Waals surface area contributed by atoms with Crippen LogP contribution in [0.15, 0.2) is 36.7 Å². The van der Waals surface area contributed by atoms with Gasteiger partial charge in [-0.15, -0.1) is 0 Å². The van der Waals surface area contributed by atoms with Gasteiger partial charge in [0.05, 0.1) is 12.8 Å². The molecule has 1 atom stereocenters. The van der Waals surface area contributed by atoms with Crippen molar-refractivity contribution in [2.75, 3.05) is 23.9 Å². The zero-order valence-electron chi connectivity index (χ0n) is 13.3. The van der Waals surface area contributed by atoms with E-state index in [1.54, 1.807) is 25.6 Å². The van der Waals surface area contributed by atoms with E-state index in [0.717, 1.165) is 24.9 Å². The highest BCUT2D eigenvalue weighted by Gasteiger charge is 2.32. The monoisotopic (exact) mass is 312 g/mol. The molecule has 1 aromatic carbocycles. The predicted octanol–water partition coefficient (Wildman–Crippen LogP) is 2.40. The average Bonchev–Trinajstić information content (AvgIpc) is 3.05. The fraction of sp³-hybridized carbons (Fsp3) is 0.353. The van der Waals surface area contributed by atoms with Crippen LogP contribution in [0.5, 0.6) is 5.75 Å². The summed E-state index contributed by atoms with van der Waals surface area (Å²) in [4.78, 5) is 23.2. The minimum atomic E-state index is -0.261. The highest BCUT2D eigenvalue weighted by Crippen LogP contribution is 2.28. The second-order valence-electron chi connectivity index (χ2n) is 5.59. The van der Waals surface area contributed by atoms with E-state index in [9.17, 15) is 4.79 Å². The lowest BCUT2D eigenvalue weighted by atomic mass is 10.1. The maximum absolute atomic E-state index is 12.7. The normalized spacial score (nSPS) is 17.1. The van der Waals surface area contributed by atoms with E-state index in [2.05, 4.69) is 15.3 Å². The van der Waals surface area contributed by atoms with Crippen molar-refractivity contribution in [3.8, 4) is 5.75 Å². The first-order chi connectivity index (χ1) is 11.2. The van der Waals surface area contributed by atoms with Crippen LogP contribution in [-0.2, 0) is 4.79 Å². The molecule has 1 aliphatic heterocycles. The highest BCUT2D eigenvalue weighted by atomic mass is 16.5. The molecule has 3 rings (SSSR count). The molecule has 2 heterocycles. The molecule has 6 heteroatoms. The molecule has 1 unspecified atom stereocenters. The zero-order valence-corrected chi connectivity index (χ0v) is 13.3. The van der Waals surface area contributed by atoms with Gasteiger partial charge in [0.2, 0.25) is 11.9 Å². The molecule has 1 aliphatic rings. The summed E-state index contributed by atoms with van der Waals surface area (Å²) >= 11 is 0. The van der Waals surface area contributed by atoms with E-state index < -0.39 is 0 Å². The van der Waals surface area contributed by atoms with Crippen molar-refractivity contribution in [3.05, 3.63) is 42.2 Å². The third-order valence-electron chi connectivity index (χ3n) is 3.98. The van der Waals surface area contributed by atoms with Crippen molar-refractivity contribution >= 4 is 17.5 Å². The van der Waals surface area contributed by atoms with Gasteiger partial charge < -0.3 is 15.0 Å². The first kappa shape index (κ1) is 15.3. The smallest absolute Gasteiger partial charge is 0.247 e. The van der Waals surface area contributed by atoms with Gasteiger partial charge in [0, 0.05) is 18.9 Å². The molecule has 23 heavy (non-hydrogen) atoms. The number of carbonyl (C=O) groups is 1. The number of amides is 1. The van der Waals surface area contributed by atoms with Crippen LogP contribution >= 0.6 is 0 Å². The van der Waals surface area contributed by atoms with Crippen molar-refractivity contribution in [1.29, 1.82) is 0 Å². The Morgan fingerprint density at radius 3 is 2.87 bits per heavy atom. The lowest BCUT2D eigenvalue weighted by Crippen LogP contribution is -2.40. The standard InChI is InChI=1S/C17H20N4O2/c1-12-6-7-15(23-2)13(11-12)20-16(22)14-5-3-10-21(14)17-18-8-4-9-19-17/h4,6-9,11,14H,3,5,10H2,1-2H3,(H,20,22). The van der Waals surface area contributed by atoms with E-state index >= 15 is 0 Å². The van der Waals surface area contributed by atoms with E-state index in [4.69, 9.17) is 4.74 Å². The first-order valence-electron chi connectivity index (χ1n) is 7.68. The number of rotatable bonds is 4. The van der Waals surface area contributed by atoms with Gasteiger partial charge in [0.25, 0.3) is 0 Å². The minimum absolute atomic E-state index is 0.0566. The lowest BCUT2D eigenvalue weighted by molar-refractivity contribution is -0.117. The van der Waals surface area contributed by atoms with Gasteiger partial charge in [0.1, 0.15) is 11.8 Å². The Hall–Kier alpha value is -2.63. The predicted molar refractivity (Wildman–Crippen MR) is 88.8 cm³/mol. The number of nitrogens with zero attached hydrogens (tertiary/aromatic N) is 3. The van der Waals surface area contributed by atoms with E-state index in [1.165, 1.54) is 0 Å². The number of carbonyl (C=O) groups excluding carboxylic acids is 1. The third-order valence-corrected chi connectivity index (χ3v) is 3.98. The van der Waals surface area contributed by atoms with Crippen molar-refractivity contribution in [2.45, 2.75) is 25.8 Å². The number of hydrogen-bond acceptors (Lipinski definition) is 5. The third kappa shape index (κ3) is 3.26. The number of ether oxygens (including phenoxy) is 1. The Labute approximate surface area is 135 Å². The van der Waals surface area contributed by atoms with Crippen molar-refractivity contribution in [3.63, 3.8) is 0 Å². The number of methoxy groups -OCH3 is 1. The van der Waals surface area contributed by atoms with Crippen LogP contribution in [0.1, 0.15) is 18.4 Å². The van der Waals surface area contributed by atoms with E-state index in [0.29, 0.717) is 17.4 Å². The molecule has 1 amide bonds.